The number of nitrogens with zero attached hydrogens (tertiary/aromatic N) is 2. The van der Waals surface area contributed by atoms with Crippen LogP contribution in [0.5, 0.6) is 11.5 Å². The van der Waals surface area contributed by atoms with Crippen LogP contribution in [0.15, 0.2) is 71.7 Å². The van der Waals surface area contributed by atoms with Crippen LogP contribution in [0.4, 0.5) is 5.69 Å². The fourth-order valence-corrected chi connectivity index (χ4v) is 4.29. The zero-order chi connectivity index (χ0) is 25.8. The third-order valence-corrected chi connectivity index (χ3v) is 6.14. The Bertz CT molecular complexity index is 1280. The molecule has 0 fully saturated rings. The SMILES string of the molecule is COc1cc(C)cc(OC)c1C1=NC(NC(=O)C(N)Cc2ccccc2)C(=O)N(C)c2ccccc21. The molecule has 2 atom stereocenters. The van der Waals surface area contributed by atoms with Gasteiger partial charge in [-0.3, -0.25) is 9.59 Å². The van der Waals surface area contributed by atoms with E-state index >= 15 is 0 Å². The topological polar surface area (TPSA) is 106 Å². The van der Waals surface area contributed by atoms with E-state index in [-0.39, 0.29) is 5.91 Å². The first-order chi connectivity index (χ1) is 17.3. The molecule has 0 radical (unpaired) electrons. The second-order valence-electron chi connectivity index (χ2n) is 8.64. The first-order valence-electron chi connectivity index (χ1n) is 11.6. The minimum absolute atomic E-state index is 0.333. The zero-order valence-corrected chi connectivity index (χ0v) is 20.8. The number of likely N-dealkylation sites (N-methyl/N-ethyl adjacent to an activating group) is 1. The maximum atomic E-state index is 13.5. The lowest BCUT2D eigenvalue weighted by Crippen LogP contribution is -2.51. The monoisotopic (exact) mass is 486 g/mol. The standard InChI is InChI=1S/C28H30N4O4/c1-17-14-22(35-3)24(23(15-17)36-4)25-19-12-8-9-13-21(19)32(2)28(34)26(30-25)31-27(33)20(29)16-18-10-6-5-7-11-18/h5-15,20,26H,16,29H2,1-4H3,(H,31,33). The number of aliphatic imine (C=N–C) groups is 1. The van der Waals surface area contributed by atoms with E-state index in [1.54, 1.807) is 21.3 Å². The summed E-state index contributed by atoms with van der Waals surface area (Å²) >= 11 is 0. The highest BCUT2D eigenvalue weighted by Gasteiger charge is 2.33. The van der Waals surface area contributed by atoms with Gasteiger partial charge in [0.05, 0.1) is 37.2 Å². The molecule has 0 aromatic heterocycles. The Balaban J connectivity index is 1.78. The molecule has 0 saturated carbocycles. The van der Waals surface area contributed by atoms with Gasteiger partial charge in [-0.1, -0.05) is 48.5 Å². The quantitative estimate of drug-likeness (QED) is 0.534. The largest absolute Gasteiger partial charge is 0.496 e. The van der Waals surface area contributed by atoms with E-state index in [0.29, 0.717) is 40.4 Å². The number of fused-ring (bicyclic) bond motifs is 1. The van der Waals surface area contributed by atoms with Gasteiger partial charge in [0.15, 0.2) is 0 Å². The molecule has 186 valence electrons. The number of amides is 2. The van der Waals surface area contributed by atoms with Gasteiger partial charge in [0.1, 0.15) is 11.5 Å². The molecule has 4 rings (SSSR count). The van der Waals surface area contributed by atoms with E-state index in [2.05, 4.69) is 5.32 Å². The Morgan fingerprint density at radius 3 is 2.31 bits per heavy atom. The Hall–Kier alpha value is -4.17. The van der Waals surface area contributed by atoms with Crippen molar-refractivity contribution in [3.8, 4) is 11.5 Å². The minimum Gasteiger partial charge on any atom is -0.496 e. The van der Waals surface area contributed by atoms with Gasteiger partial charge in [-0.15, -0.1) is 0 Å². The highest BCUT2D eigenvalue weighted by Crippen LogP contribution is 2.36. The molecule has 0 aliphatic carbocycles. The molecular weight excluding hydrogens is 456 g/mol. The van der Waals surface area contributed by atoms with Gasteiger partial charge in [-0.25, -0.2) is 4.99 Å². The number of carbonyl (C=O) groups excluding carboxylic acids is 2. The summed E-state index contributed by atoms with van der Waals surface area (Å²) in [4.78, 5) is 32.8. The number of ether oxygens (including phenoxy) is 2. The van der Waals surface area contributed by atoms with Crippen molar-refractivity contribution in [1.29, 1.82) is 0 Å². The summed E-state index contributed by atoms with van der Waals surface area (Å²) in [6.07, 6.45) is -0.859. The molecule has 2 amide bonds. The molecule has 1 heterocycles. The number of anilines is 1. The Morgan fingerprint density at radius 1 is 1.06 bits per heavy atom. The molecule has 8 nitrogen and oxygen atoms in total. The van der Waals surface area contributed by atoms with Crippen molar-refractivity contribution >= 4 is 23.2 Å². The minimum atomic E-state index is -1.19. The van der Waals surface area contributed by atoms with E-state index in [0.717, 1.165) is 11.1 Å². The molecule has 1 aliphatic heterocycles. The average molecular weight is 487 g/mol. The molecular formula is C28H30N4O4. The Morgan fingerprint density at radius 2 is 1.67 bits per heavy atom. The van der Waals surface area contributed by atoms with Crippen LogP contribution in [-0.4, -0.2) is 51.0 Å². The first-order valence-corrected chi connectivity index (χ1v) is 11.6. The molecule has 3 N–H and O–H groups in total. The number of rotatable bonds is 7. The van der Waals surface area contributed by atoms with Gasteiger partial charge in [0.2, 0.25) is 12.1 Å². The van der Waals surface area contributed by atoms with Crippen molar-refractivity contribution < 1.29 is 19.1 Å². The Kier molecular flexibility index (Phi) is 7.36. The molecule has 3 aromatic carbocycles. The lowest BCUT2D eigenvalue weighted by molar-refractivity contribution is -0.128. The normalized spacial score (nSPS) is 15.9. The first kappa shape index (κ1) is 24.9. The molecule has 2 unspecified atom stereocenters. The summed E-state index contributed by atoms with van der Waals surface area (Å²) in [7, 11) is 4.80. The predicted octanol–water partition coefficient (Wildman–Crippen LogP) is 2.84. The van der Waals surface area contributed by atoms with Crippen LogP contribution in [0.25, 0.3) is 0 Å². The molecule has 0 saturated heterocycles. The van der Waals surface area contributed by atoms with E-state index in [1.165, 1.54) is 4.90 Å². The van der Waals surface area contributed by atoms with Crippen LogP contribution in [-0.2, 0) is 16.0 Å². The number of nitrogens with one attached hydrogen (secondary N) is 1. The maximum absolute atomic E-state index is 13.5. The van der Waals surface area contributed by atoms with Gasteiger partial charge in [0, 0.05) is 12.6 Å². The van der Waals surface area contributed by atoms with Crippen LogP contribution in [0, 0.1) is 6.92 Å². The van der Waals surface area contributed by atoms with Crippen molar-refractivity contribution in [2.45, 2.75) is 25.6 Å². The number of carbonyl (C=O) groups is 2. The number of para-hydroxylation sites is 1. The molecule has 0 bridgehead atoms. The highest BCUT2D eigenvalue weighted by molar-refractivity contribution is 6.22. The second-order valence-corrected chi connectivity index (χ2v) is 8.64. The number of nitrogens with two attached hydrogens (primary N) is 1. The zero-order valence-electron chi connectivity index (χ0n) is 20.8. The van der Waals surface area contributed by atoms with Crippen LogP contribution in [0.2, 0.25) is 0 Å². The van der Waals surface area contributed by atoms with Crippen molar-refractivity contribution in [2.24, 2.45) is 10.7 Å². The number of benzene rings is 3. The van der Waals surface area contributed by atoms with Crippen LogP contribution in [0.3, 0.4) is 0 Å². The van der Waals surface area contributed by atoms with Crippen LogP contribution >= 0.6 is 0 Å². The fraction of sp³-hybridized carbons (Fsp3) is 0.250. The molecule has 36 heavy (non-hydrogen) atoms. The number of aryl methyl sites for hydroxylation is 1. The predicted molar refractivity (Wildman–Crippen MR) is 140 cm³/mol. The number of benzodiazepines with no additional fused rings is 1. The summed E-state index contributed by atoms with van der Waals surface area (Å²) < 4.78 is 11.4. The van der Waals surface area contributed by atoms with Crippen LogP contribution in [0.1, 0.15) is 22.3 Å². The van der Waals surface area contributed by atoms with Crippen molar-refractivity contribution in [3.05, 3.63) is 89.0 Å². The van der Waals surface area contributed by atoms with Gasteiger partial charge in [-0.05, 0) is 42.7 Å². The lowest BCUT2D eigenvalue weighted by atomic mass is 9.97. The van der Waals surface area contributed by atoms with E-state index in [4.69, 9.17) is 20.2 Å². The number of hydrogen-bond acceptors (Lipinski definition) is 6. The highest BCUT2D eigenvalue weighted by atomic mass is 16.5. The van der Waals surface area contributed by atoms with E-state index < -0.39 is 18.1 Å². The summed E-state index contributed by atoms with van der Waals surface area (Å²) in [5, 5.41) is 2.76. The summed E-state index contributed by atoms with van der Waals surface area (Å²) in [5.41, 5.74) is 10.5. The van der Waals surface area contributed by atoms with Gasteiger partial charge in [-0.2, -0.15) is 0 Å². The second kappa shape index (κ2) is 10.6. The van der Waals surface area contributed by atoms with Crippen molar-refractivity contribution in [3.63, 3.8) is 0 Å². The van der Waals surface area contributed by atoms with Gasteiger partial charge >= 0.3 is 0 Å². The number of methoxy groups -OCH3 is 2. The van der Waals surface area contributed by atoms with Crippen molar-refractivity contribution in [2.75, 3.05) is 26.2 Å². The molecule has 8 heteroatoms. The molecule has 1 aliphatic rings. The average Bonchev–Trinajstić information content (AvgIpc) is 2.99. The summed E-state index contributed by atoms with van der Waals surface area (Å²) in [6.45, 7) is 1.94. The fourth-order valence-electron chi connectivity index (χ4n) is 4.29. The maximum Gasteiger partial charge on any atom is 0.272 e. The summed E-state index contributed by atoms with van der Waals surface area (Å²) in [5.74, 6) is 0.233. The molecule has 0 spiro atoms. The smallest absolute Gasteiger partial charge is 0.272 e. The van der Waals surface area contributed by atoms with Gasteiger partial charge in [0.25, 0.3) is 5.91 Å². The number of hydrogen-bond donors (Lipinski definition) is 2. The van der Waals surface area contributed by atoms with E-state index in [1.807, 2.05) is 73.7 Å². The van der Waals surface area contributed by atoms with Crippen molar-refractivity contribution in [1.82, 2.24) is 5.32 Å². The molecule has 3 aromatic rings. The summed E-state index contributed by atoms with van der Waals surface area (Å²) in [6, 6.07) is 19.8. The lowest BCUT2D eigenvalue weighted by Gasteiger charge is -2.22. The van der Waals surface area contributed by atoms with Crippen LogP contribution < -0.4 is 25.4 Å². The van der Waals surface area contributed by atoms with E-state index in [9.17, 15) is 9.59 Å². The third kappa shape index (κ3) is 4.94. The third-order valence-electron chi connectivity index (χ3n) is 6.14. The van der Waals surface area contributed by atoms with Gasteiger partial charge < -0.3 is 25.4 Å². The Labute approximate surface area is 210 Å².